The van der Waals surface area contributed by atoms with E-state index < -0.39 is 5.41 Å². The van der Waals surface area contributed by atoms with Crippen molar-refractivity contribution < 1.29 is 4.74 Å². The van der Waals surface area contributed by atoms with Gasteiger partial charge in [0.05, 0.1) is 5.41 Å². The molecule has 14 rings (SSSR count). The van der Waals surface area contributed by atoms with Gasteiger partial charge < -0.3 is 9.64 Å². The molecule has 0 amide bonds. The Bertz CT molecular complexity index is 3750. The zero-order valence-corrected chi connectivity index (χ0v) is 36.7. The van der Waals surface area contributed by atoms with Crippen molar-refractivity contribution in [2.45, 2.75) is 24.7 Å². The number of fused-ring (bicyclic) bond motifs is 17. The molecule has 66 heavy (non-hydrogen) atoms. The number of anilines is 3. The zero-order valence-electron chi connectivity index (χ0n) is 36.7. The molecule has 11 aromatic carbocycles. The molecule has 3 aliphatic rings. The second kappa shape index (κ2) is 13.7. The van der Waals surface area contributed by atoms with Gasteiger partial charge in [0, 0.05) is 44.4 Å². The quantitative estimate of drug-likeness (QED) is 0.175. The summed E-state index contributed by atoms with van der Waals surface area (Å²) in [7, 11) is 0. The fourth-order valence-electron chi connectivity index (χ4n) is 12.1. The van der Waals surface area contributed by atoms with E-state index in [1.165, 1.54) is 88.3 Å². The minimum absolute atomic E-state index is 0.117. The molecule has 0 unspecified atom stereocenters. The lowest BCUT2D eigenvalue weighted by Crippen LogP contribution is -2.32. The summed E-state index contributed by atoms with van der Waals surface area (Å²) in [6.45, 7) is 4.72. The maximum absolute atomic E-state index is 7.22. The molecular formula is C64H43NO. The zero-order chi connectivity index (χ0) is 43.7. The van der Waals surface area contributed by atoms with Gasteiger partial charge in [-0.3, -0.25) is 0 Å². The Morgan fingerprint density at radius 1 is 0.333 bits per heavy atom. The van der Waals surface area contributed by atoms with Gasteiger partial charge in [-0.05, 0) is 114 Å². The van der Waals surface area contributed by atoms with E-state index in [1.54, 1.807) is 0 Å². The van der Waals surface area contributed by atoms with Crippen LogP contribution in [0.2, 0.25) is 0 Å². The van der Waals surface area contributed by atoms with E-state index in [-0.39, 0.29) is 5.41 Å². The van der Waals surface area contributed by atoms with Crippen LogP contribution in [0.4, 0.5) is 17.1 Å². The third kappa shape index (κ3) is 5.01. The van der Waals surface area contributed by atoms with Crippen molar-refractivity contribution in [1.82, 2.24) is 0 Å². The second-order valence-electron chi connectivity index (χ2n) is 18.8. The Kier molecular flexibility index (Phi) is 7.70. The first kappa shape index (κ1) is 37.2. The van der Waals surface area contributed by atoms with E-state index in [1.807, 2.05) is 0 Å². The molecule has 0 saturated heterocycles. The van der Waals surface area contributed by atoms with Gasteiger partial charge in [-0.2, -0.15) is 0 Å². The molecule has 0 aromatic heterocycles. The van der Waals surface area contributed by atoms with E-state index in [9.17, 15) is 0 Å². The van der Waals surface area contributed by atoms with Crippen LogP contribution in [0.15, 0.2) is 224 Å². The summed E-state index contributed by atoms with van der Waals surface area (Å²) in [5.74, 6) is 1.86. The Balaban J connectivity index is 0.962. The summed E-state index contributed by atoms with van der Waals surface area (Å²) in [6, 6.07) is 83.2. The maximum Gasteiger partial charge on any atom is 0.140 e. The number of hydrogen-bond acceptors (Lipinski definition) is 2. The molecule has 1 heterocycles. The number of hydrogen-bond donors (Lipinski definition) is 0. The minimum Gasteiger partial charge on any atom is -0.455 e. The lowest BCUT2D eigenvalue weighted by molar-refractivity contribution is 0.447. The van der Waals surface area contributed by atoms with Gasteiger partial charge in [0.25, 0.3) is 0 Å². The van der Waals surface area contributed by atoms with Crippen LogP contribution in [0.5, 0.6) is 11.5 Å². The number of nitrogens with zero attached hydrogens (tertiary/aromatic N) is 1. The highest BCUT2D eigenvalue weighted by atomic mass is 16.5. The lowest BCUT2D eigenvalue weighted by Gasteiger charge is -2.40. The predicted molar refractivity (Wildman–Crippen MR) is 274 cm³/mol. The predicted octanol–water partition coefficient (Wildman–Crippen LogP) is 17.1. The highest BCUT2D eigenvalue weighted by molar-refractivity contribution is 6.02. The number of benzene rings is 11. The standard InChI is InChI=1S/C64H43NO/c1-63(2)54-23-11-9-20-51(54)52-35-34-47(39-59(52)63)65(46-33-26-40-14-3-4-17-44(40)38-46)45-31-27-43(28-32-45)48-22-13-25-56-60(48)53-21-10-12-24-55(53)64(56)57-36-29-41-15-5-7-18-49(41)61(57)66-62-50-19-8-6-16-42(50)30-37-58(62)64/h3-39H,1-2H3. The Hall–Kier alpha value is -8.20. The van der Waals surface area contributed by atoms with Crippen molar-refractivity contribution >= 4 is 49.4 Å². The molecule has 0 fully saturated rings. The highest BCUT2D eigenvalue weighted by Crippen LogP contribution is 2.65. The molecular weight excluding hydrogens is 799 g/mol. The van der Waals surface area contributed by atoms with Crippen LogP contribution in [0.25, 0.3) is 65.7 Å². The van der Waals surface area contributed by atoms with Crippen LogP contribution >= 0.6 is 0 Å². The molecule has 310 valence electrons. The normalized spacial score (nSPS) is 14.3. The van der Waals surface area contributed by atoms with Crippen molar-refractivity contribution in [3.63, 3.8) is 0 Å². The van der Waals surface area contributed by atoms with E-state index >= 15 is 0 Å². The molecule has 2 heteroatoms. The van der Waals surface area contributed by atoms with Crippen LogP contribution < -0.4 is 9.64 Å². The molecule has 0 saturated carbocycles. The van der Waals surface area contributed by atoms with Crippen molar-refractivity contribution in [2.75, 3.05) is 4.90 Å². The third-order valence-corrected chi connectivity index (χ3v) is 15.1. The van der Waals surface area contributed by atoms with E-state index in [2.05, 4.69) is 243 Å². The van der Waals surface area contributed by atoms with E-state index in [0.29, 0.717) is 0 Å². The van der Waals surface area contributed by atoms with Crippen molar-refractivity contribution in [1.29, 1.82) is 0 Å². The van der Waals surface area contributed by atoms with Gasteiger partial charge in [0.15, 0.2) is 0 Å². The first-order valence-corrected chi connectivity index (χ1v) is 23.1. The third-order valence-electron chi connectivity index (χ3n) is 15.1. The van der Waals surface area contributed by atoms with Gasteiger partial charge >= 0.3 is 0 Å². The SMILES string of the molecule is CC1(C)c2ccccc2-c2ccc(N(c3ccc(-c4cccc5c4-c4ccccc4C54c5ccc6ccccc6c5Oc5c4ccc4ccccc54)cc3)c3ccc4ccccc4c3)cc21. The molecule has 0 radical (unpaired) electrons. The molecule has 11 aromatic rings. The molecule has 0 N–H and O–H groups in total. The van der Waals surface area contributed by atoms with Crippen molar-refractivity contribution in [2.24, 2.45) is 0 Å². The second-order valence-corrected chi connectivity index (χ2v) is 18.8. The number of ether oxygens (including phenoxy) is 1. The van der Waals surface area contributed by atoms with Crippen LogP contribution in [0.3, 0.4) is 0 Å². The molecule has 1 spiro atoms. The molecule has 1 aliphatic heterocycles. The first-order valence-electron chi connectivity index (χ1n) is 23.1. The highest BCUT2D eigenvalue weighted by Gasteiger charge is 2.52. The Morgan fingerprint density at radius 2 is 0.848 bits per heavy atom. The first-order chi connectivity index (χ1) is 32.5. The van der Waals surface area contributed by atoms with Gasteiger partial charge in [0.2, 0.25) is 0 Å². The van der Waals surface area contributed by atoms with Gasteiger partial charge in [-0.15, -0.1) is 0 Å². The van der Waals surface area contributed by atoms with Gasteiger partial charge in [-0.25, -0.2) is 0 Å². The fraction of sp³-hybridized carbons (Fsp3) is 0.0625. The van der Waals surface area contributed by atoms with E-state index in [4.69, 9.17) is 4.74 Å². The van der Waals surface area contributed by atoms with Gasteiger partial charge in [0.1, 0.15) is 11.5 Å². The van der Waals surface area contributed by atoms with Crippen LogP contribution in [-0.2, 0) is 10.8 Å². The average molecular weight is 842 g/mol. The Labute approximate surface area is 384 Å². The van der Waals surface area contributed by atoms with Crippen LogP contribution in [0, 0.1) is 0 Å². The minimum atomic E-state index is -0.604. The molecule has 0 bridgehead atoms. The monoisotopic (exact) mass is 841 g/mol. The topological polar surface area (TPSA) is 12.5 Å². The van der Waals surface area contributed by atoms with Gasteiger partial charge in [-0.1, -0.05) is 202 Å². The Morgan fingerprint density at radius 3 is 1.58 bits per heavy atom. The van der Waals surface area contributed by atoms with Crippen molar-refractivity contribution in [3.8, 4) is 44.9 Å². The van der Waals surface area contributed by atoms with E-state index in [0.717, 1.165) is 39.3 Å². The average Bonchev–Trinajstić information content (AvgIpc) is 3.79. The van der Waals surface area contributed by atoms with Crippen molar-refractivity contribution in [3.05, 3.63) is 258 Å². The van der Waals surface area contributed by atoms with Crippen LogP contribution in [0.1, 0.15) is 47.2 Å². The smallest absolute Gasteiger partial charge is 0.140 e. The summed E-state index contributed by atoms with van der Waals surface area (Å²) in [4.78, 5) is 2.43. The summed E-state index contributed by atoms with van der Waals surface area (Å²) in [5, 5.41) is 7.03. The summed E-state index contributed by atoms with van der Waals surface area (Å²) < 4.78 is 7.22. The fourth-order valence-corrected chi connectivity index (χ4v) is 12.1. The lowest BCUT2D eigenvalue weighted by atomic mass is 9.65. The summed E-state index contributed by atoms with van der Waals surface area (Å²) >= 11 is 0. The summed E-state index contributed by atoms with van der Waals surface area (Å²) in [6.07, 6.45) is 0. The molecule has 2 nitrogen and oxygen atoms in total. The largest absolute Gasteiger partial charge is 0.455 e. The molecule has 2 aliphatic carbocycles. The summed E-state index contributed by atoms with van der Waals surface area (Å²) in [5.41, 5.74) is 17.9. The van der Waals surface area contributed by atoms with Crippen LogP contribution in [-0.4, -0.2) is 0 Å². The maximum atomic E-state index is 7.22. The number of rotatable bonds is 4. The molecule has 0 atom stereocenters.